The number of aromatic nitrogens is 1. The Balaban J connectivity index is 2.08. The van der Waals surface area contributed by atoms with Gasteiger partial charge in [0.15, 0.2) is 0 Å². The van der Waals surface area contributed by atoms with Gasteiger partial charge in [0.05, 0.1) is 5.56 Å². The van der Waals surface area contributed by atoms with Crippen LogP contribution in [0.3, 0.4) is 0 Å². The van der Waals surface area contributed by atoms with Gasteiger partial charge in [0.2, 0.25) is 0 Å². The first-order valence-corrected chi connectivity index (χ1v) is 5.87. The van der Waals surface area contributed by atoms with E-state index in [9.17, 15) is 0 Å². The fourth-order valence-electron chi connectivity index (χ4n) is 1.76. The Morgan fingerprint density at radius 2 is 2.38 bits per heavy atom. The van der Waals surface area contributed by atoms with Gasteiger partial charge in [-0.25, -0.2) is 4.98 Å². The van der Waals surface area contributed by atoms with E-state index in [0.717, 1.165) is 6.54 Å². The number of halogens is 1. The molecule has 1 aromatic heterocycles. The molecule has 84 valence electrons. The Kier molecular flexibility index (Phi) is 3.02. The molecule has 0 saturated heterocycles. The average molecular weight is 236 g/mol. The Morgan fingerprint density at radius 3 is 2.94 bits per heavy atom. The molecule has 0 amide bonds. The van der Waals surface area contributed by atoms with Crippen molar-refractivity contribution in [2.45, 2.75) is 26.2 Å². The van der Waals surface area contributed by atoms with Crippen LogP contribution in [0.1, 0.15) is 31.7 Å². The predicted octanol–water partition coefficient (Wildman–Crippen LogP) is 3.21. The smallest absolute Gasteiger partial charge is 0.146 e. The molecule has 0 aromatic carbocycles. The fraction of sp³-hybridized carbons (Fsp3) is 0.500. The summed E-state index contributed by atoms with van der Waals surface area (Å²) < 4.78 is 0. The molecule has 0 radical (unpaired) electrons. The van der Waals surface area contributed by atoms with Crippen molar-refractivity contribution < 1.29 is 0 Å². The SMILES string of the molecule is CCC1(CNc2nccc(C#N)c2Cl)CC1. The van der Waals surface area contributed by atoms with E-state index < -0.39 is 0 Å². The van der Waals surface area contributed by atoms with Crippen LogP contribution in [0, 0.1) is 16.7 Å². The maximum absolute atomic E-state index is 8.84. The van der Waals surface area contributed by atoms with Gasteiger partial charge in [-0.3, -0.25) is 0 Å². The highest BCUT2D eigenvalue weighted by atomic mass is 35.5. The Morgan fingerprint density at radius 1 is 1.62 bits per heavy atom. The van der Waals surface area contributed by atoms with E-state index in [4.69, 9.17) is 16.9 Å². The van der Waals surface area contributed by atoms with Crippen molar-refractivity contribution in [1.82, 2.24) is 4.98 Å². The zero-order chi connectivity index (χ0) is 11.6. The van der Waals surface area contributed by atoms with Crippen molar-refractivity contribution in [2.75, 3.05) is 11.9 Å². The minimum Gasteiger partial charge on any atom is -0.368 e. The maximum Gasteiger partial charge on any atom is 0.146 e. The van der Waals surface area contributed by atoms with E-state index >= 15 is 0 Å². The molecule has 0 spiro atoms. The van der Waals surface area contributed by atoms with E-state index in [1.54, 1.807) is 12.3 Å². The van der Waals surface area contributed by atoms with Gasteiger partial charge in [0, 0.05) is 12.7 Å². The number of pyridine rings is 1. The molecule has 1 aliphatic carbocycles. The molecular formula is C12H14ClN3. The van der Waals surface area contributed by atoms with E-state index in [-0.39, 0.29) is 0 Å². The van der Waals surface area contributed by atoms with Crippen LogP contribution in [0.4, 0.5) is 5.82 Å². The van der Waals surface area contributed by atoms with Gasteiger partial charge in [-0.05, 0) is 30.7 Å². The lowest BCUT2D eigenvalue weighted by Gasteiger charge is -2.14. The third-order valence-electron chi connectivity index (χ3n) is 3.35. The average Bonchev–Trinajstić information content (AvgIpc) is 3.08. The summed E-state index contributed by atoms with van der Waals surface area (Å²) in [7, 11) is 0. The van der Waals surface area contributed by atoms with Crippen LogP contribution in [-0.2, 0) is 0 Å². The van der Waals surface area contributed by atoms with Crippen molar-refractivity contribution >= 4 is 17.4 Å². The molecule has 1 saturated carbocycles. The van der Waals surface area contributed by atoms with Crippen molar-refractivity contribution in [3.05, 3.63) is 22.8 Å². The molecule has 4 heteroatoms. The molecule has 1 aliphatic rings. The molecule has 0 aliphatic heterocycles. The van der Waals surface area contributed by atoms with Gasteiger partial charge in [0.25, 0.3) is 0 Å². The fourth-order valence-corrected chi connectivity index (χ4v) is 1.98. The quantitative estimate of drug-likeness (QED) is 0.872. The predicted molar refractivity (Wildman–Crippen MR) is 64.4 cm³/mol. The van der Waals surface area contributed by atoms with Gasteiger partial charge in [-0.15, -0.1) is 0 Å². The Hall–Kier alpha value is -1.27. The van der Waals surface area contributed by atoms with Gasteiger partial charge in [-0.1, -0.05) is 18.5 Å². The number of hydrogen-bond acceptors (Lipinski definition) is 3. The molecule has 3 nitrogen and oxygen atoms in total. The van der Waals surface area contributed by atoms with Gasteiger partial charge in [0.1, 0.15) is 16.9 Å². The lowest BCUT2D eigenvalue weighted by Crippen LogP contribution is -2.15. The molecule has 1 fully saturated rings. The van der Waals surface area contributed by atoms with E-state index in [1.165, 1.54) is 19.3 Å². The number of nitrogens with zero attached hydrogens (tertiary/aromatic N) is 2. The highest BCUT2D eigenvalue weighted by Crippen LogP contribution is 2.48. The van der Waals surface area contributed by atoms with Crippen LogP contribution in [0.5, 0.6) is 0 Å². The molecule has 2 rings (SSSR count). The summed E-state index contributed by atoms with van der Waals surface area (Å²) in [5, 5.41) is 12.5. The molecule has 1 aromatic rings. The Bertz CT molecular complexity index is 432. The Labute approximate surface area is 100 Å². The van der Waals surface area contributed by atoms with Crippen LogP contribution in [0.15, 0.2) is 12.3 Å². The van der Waals surface area contributed by atoms with Crippen molar-refractivity contribution in [3.63, 3.8) is 0 Å². The van der Waals surface area contributed by atoms with Crippen LogP contribution in [-0.4, -0.2) is 11.5 Å². The summed E-state index contributed by atoms with van der Waals surface area (Å²) >= 11 is 6.05. The lowest BCUT2D eigenvalue weighted by molar-refractivity contribution is 0.521. The number of nitrogens with one attached hydrogen (secondary N) is 1. The number of rotatable bonds is 4. The maximum atomic E-state index is 8.84. The number of nitriles is 1. The summed E-state index contributed by atoms with van der Waals surface area (Å²) in [6.45, 7) is 3.10. The second kappa shape index (κ2) is 4.31. The summed E-state index contributed by atoms with van der Waals surface area (Å²) in [5.74, 6) is 0.625. The largest absolute Gasteiger partial charge is 0.368 e. The molecule has 1 N–H and O–H groups in total. The van der Waals surface area contributed by atoms with E-state index in [2.05, 4.69) is 23.3 Å². The second-order valence-corrected chi connectivity index (χ2v) is 4.72. The minimum absolute atomic E-state index is 0.428. The first-order valence-electron chi connectivity index (χ1n) is 5.49. The standard InChI is InChI=1S/C12H14ClN3/c1-2-12(4-5-12)8-16-11-10(13)9(7-14)3-6-15-11/h3,6H,2,4-5,8H2,1H3,(H,15,16). The molecular weight excluding hydrogens is 222 g/mol. The highest BCUT2D eigenvalue weighted by molar-refractivity contribution is 6.34. The lowest BCUT2D eigenvalue weighted by atomic mass is 10.0. The van der Waals surface area contributed by atoms with Crippen molar-refractivity contribution in [3.8, 4) is 6.07 Å². The topological polar surface area (TPSA) is 48.7 Å². The van der Waals surface area contributed by atoms with Gasteiger partial charge < -0.3 is 5.32 Å². The number of anilines is 1. The van der Waals surface area contributed by atoms with E-state index in [1.807, 2.05) is 0 Å². The van der Waals surface area contributed by atoms with Gasteiger partial charge >= 0.3 is 0 Å². The molecule has 0 atom stereocenters. The molecule has 16 heavy (non-hydrogen) atoms. The number of hydrogen-bond donors (Lipinski definition) is 1. The van der Waals surface area contributed by atoms with E-state index in [0.29, 0.717) is 21.8 Å². The zero-order valence-corrected chi connectivity index (χ0v) is 10.0. The first-order chi connectivity index (χ1) is 7.71. The van der Waals surface area contributed by atoms with Gasteiger partial charge in [-0.2, -0.15) is 5.26 Å². The summed E-state index contributed by atoms with van der Waals surface area (Å²) in [5.41, 5.74) is 0.911. The molecule has 0 bridgehead atoms. The summed E-state index contributed by atoms with van der Waals surface area (Å²) in [4.78, 5) is 4.16. The van der Waals surface area contributed by atoms with Crippen molar-refractivity contribution in [1.29, 1.82) is 5.26 Å². The van der Waals surface area contributed by atoms with Crippen LogP contribution in [0.2, 0.25) is 5.02 Å². The third-order valence-corrected chi connectivity index (χ3v) is 3.73. The minimum atomic E-state index is 0.428. The van der Waals surface area contributed by atoms with Crippen LogP contribution >= 0.6 is 11.6 Å². The van der Waals surface area contributed by atoms with Crippen molar-refractivity contribution in [2.24, 2.45) is 5.41 Å². The third kappa shape index (κ3) is 2.12. The first kappa shape index (κ1) is 11.2. The molecule has 1 heterocycles. The zero-order valence-electron chi connectivity index (χ0n) is 9.26. The molecule has 0 unspecified atom stereocenters. The highest BCUT2D eigenvalue weighted by Gasteiger charge is 2.40. The summed E-state index contributed by atoms with van der Waals surface area (Å²) in [6.07, 6.45) is 5.33. The second-order valence-electron chi connectivity index (χ2n) is 4.34. The van der Waals surface area contributed by atoms with Crippen LogP contribution in [0.25, 0.3) is 0 Å². The van der Waals surface area contributed by atoms with Crippen LogP contribution < -0.4 is 5.32 Å². The summed E-state index contributed by atoms with van der Waals surface area (Å²) in [6, 6.07) is 3.68. The normalized spacial score (nSPS) is 16.6. The monoisotopic (exact) mass is 235 g/mol.